The summed E-state index contributed by atoms with van der Waals surface area (Å²) >= 11 is 0. The van der Waals surface area contributed by atoms with Crippen LogP contribution in [-0.2, 0) is 5.41 Å². The Bertz CT molecular complexity index is 1030. The number of amides is 1. The molecule has 2 aromatic rings. The van der Waals surface area contributed by atoms with Crippen molar-refractivity contribution in [2.75, 3.05) is 6.54 Å². The molecule has 1 unspecified atom stereocenters. The zero-order valence-electron chi connectivity index (χ0n) is 17.5. The minimum Gasteiger partial charge on any atom is -0.390 e. The van der Waals surface area contributed by atoms with Gasteiger partial charge < -0.3 is 10.6 Å². The van der Waals surface area contributed by atoms with Crippen LogP contribution in [0.4, 0.5) is 5.95 Å². The van der Waals surface area contributed by atoms with E-state index in [-0.39, 0.29) is 17.3 Å². The Labute approximate surface area is 181 Å². The van der Waals surface area contributed by atoms with Gasteiger partial charge in [-0.25, -0.2) is 15.0 Å². The second-order valence-corrected chi connectivity index (χ2v) is 8.15. The molecule has 2 saturated carbocycles. The number of hydrogen-bond acceptors (Lipinski definition) is 5. The first kappa shape index (κ1) is 20.7. The molecule has 2 aliphatic carbocycles. The van der Waals surface area contributed by atoms with Gasteiger partial charge in [0, 0.05) is 24.5 Å². The van der Waals surface area contributed by atoms with E-state index in [1.807, 2.05) is 31.2 Å². The minimum atomic E-state index is -0.412. The van der Waals surface area contributed by atoms with Crippen molar-refractivity contribution in [3.63, 3.8) is 0 Å². The summed E-state index contributed by atoms with van der Waals surface area (Å²) in [6, 6.07) is 11.1. The Morgan fingerprint density at radius 3 is 2.55 bits per heavy atom. The van der Waals surface area contributed by atoms with Gasteiger partial charge in [0.25, 0.3) is 11.9 Å². The molecule has 1 aromatic heterocycles. The van der Waals surface area contributed by atoms with Crippen LogP contribution < -0.4 is 5.73 Å². The van der Waals surface area contributed by atoms with Gasteiger partial charge in [-0.2, -0.15) is 10.3 Å². The maximum absolute atomic E-state index is 13.4. The maximum atomic E-state index is 13.4. The van der Waals surface area contributed by atoms with E-state index >= 15 is 0 Å². The minimum absolute atomic E-state index is 0.0957. The molecule has 8 heteroatoms. The predicted octanol–water partition coefficient (Wildman–Crippen LogP) is 2.99. The van der Waals surface area contributed by atoms with E-state index in [2.05, 4.69) is 26.0 Å². The lowest BCUT2D eigenvalue weighted by Gasteiger charge is -2.29. The molecule has 0 saturated heterocycles. The number of carbonyl (C=O) groups excluding carboxylic acids is 1. The Morgan fingerprint density at radius 2 is 2.00 bits per heavy atom. The van der Waals surface area contributed by atoms with Crippen molar-refractivity contribution in [3.05, 3.63) is 53.9 Å². The number of benzene rings is 1. The lowest BCUT2D eigenvalue weighted by atomic mass is 9.96. The Kier molecular flexibility index (Phi) is 5.76. The average Bonchev–Trinajstić information content (AvgIpc) is 3.73. The highest BCUT2D eigenvalue weighted by atomic mass is 16.2. The number of aromatic nitrogens is 2. The third-order valence-corrected chi connectivity index (χ3v) is 5.88. The van der Waals surface area contributed by atoms with Gasteiger partial charge in [0.05, 0.1) is 23.9 Å². The zero-order valence-corrected chi connectivity index (χ0v) is 17.5. The molecule has 4 rings (SSSR count). The molecule has 2 N–H and O–H groups in total. The number of aliphatic imine (C=N–C) groups is 2. The average molecular weight is 416 g/mol. The molecule has 0 radical (unpaired) electrons. The second kappa shape index (κ2) is 8.64. The quantitative estimate of drug-likeness (QED) is 0.550. The Hall–Kier alpha value is -3.60. The van der Waals surface area contributed by atoms with Gasteiger partial charge in [0.1, 0.15) is 0 Å². The molecule has 1 amide bonds. The van der Waals surface area contributed by atoms with Crippen LogP contribution in [0.5, 0.6) is 0 Å². The van der Waals surface area contributed by atoms with Crippen LogP contribution in [0.15, 0.2) is 52.7 Å². The molecule has 1 aromatic carbocycles. The first-order chi connectivity index (χ1) is 15.1. The van der Waals surface area contributed by atoms with E-state index in [0.717, 1.165) is 31.2 Å². The van der Waals surface area contributed by atoms with Crippen molar-refractivity contribution in [3.8, 4) is 6.07 Å². The van der Waals surface area contributed by atoms with Crippen LogP contribution in [0.2, 0.25) is 0 Å². The summed E-state index contributed by atoms with van der Waals surface area (Å²) < 4.78 is 0. The van der Waals surface area contributed by atoms with Crippen molar-refractivity contribution < 1.29 is 4.79 Å². The van der Waals surface area contributed by atoms with E-state index in [4.69, 9.17) is 5.73 Å². The van der Waals surface area contributed by atoms with E-state index in [9.17, 15) is 10.1 Å². The smallest absolute Gasteiger partial charge is 0.254 e. The number of carbonyl (C=O) groups is 1. The maximum Gasteiger partial charge on any atom is 0.254 e. The summed E-state index contributed by atoms with van der Waals surface area (Å²) in [5.41, 5.74) is 6.75. The number of nitrogens with zero attached hydrogens (tertiary/aromatic N) is 6. The molecule has 1 atom stereocenters. The zero-order chi connectivity index (χ0) is 21.8. The summed E-state index contributed by atoms with van der Waals surface area (Å²) in [6.45, 7) is 2.51. The third-order valence-electron chi connectivity index (χ3n) is 5.88. The summed E-state index contributed by atoms with van der Waals surface area (Å²) in [5.74, 6) is 1.03. The fourth-order valence-electron chi connectivity index (χ4n) is 3.58. The van der Waals surface area contributed by atoms with Gasteiger partial charge in [-0.1, -0.05) is 12.1 Å². The fraction of sp³-hybridized carbons (Fsp3) is 0.391. The molecule has 0 bridgehead atoms. The van der Waals surface area contributed by atoms with Gasteiger partial charge in [-0.15, -0.1) is 0 Å². The number of nitriles is 1. The molecule has 8 nitrogen and oxygen atoms in total. The highest BCUT2D eigenvalue weighted by Gasteiger charge is 2.44. The monoisotopic (exact) mass is 415 g/mol. The van der Waals surface area contributed by atoms with E-state index in [1.54, 1.807) is 23.4 Å². The topological polar surface area (TPSA) is 121 Å². The highest BCUT2D eigenvalue weighted by molar-refractivity contribution is 6.00. The van der Waals surface area contributed by atoms with Crippen molar-refractivity contribution in [2.24, 2.45) is 21.6 Å². The van der Waals surface area contributed by atoms with Crippen molar-refractivity contribution >= 4 is 24.0 Å². The summed E-state index contributed by atoms with van der Waals surface area (Å²) in [7, 11) is 0. The summed E-state index contributed by atoms with van der Waals surface area (Å²) in [5, 5.41) is 9.42. The van der Waals surface area contributed by atoms with Crippen molar-refractivity contribution in [2.45, 2.75) is 44.1 Å². The molecule has 1 heterocycles. The van der Waals surface area contributed by atoms with E-state index in [0.29, 0.717) is 23.9 Å². The molecule has 158 valence electrons. The van der Waals surface area contributed by atoms with E-state index in [1.165, 1.54) is 6.34 Å². The van der Waals surface area contributed by atoms with Crippen LogP contribution >= 0.6 is 0 Å². The molecule has 0 spiro atoms. The Morgan fingerprint density at radius 1 is 1.32 bits per heavy atom. The largest absolute Gasteiger partial charge is 0.390 e. The third kappa shape index (κ3) is 4.61. The van der Waals surface area contributed by atoms with Crippen molar-refractivity contribution in [1.29, 1.82) is 5.26 Å². The van der Waals surface area contributed by atoms with Crippen LogP contribution in [0.3, 0.4) is 0 Å². The fourth-order valence-corrected chi connectivity index (χ4v) is 3.58. The van der Waals surface area contributed by atoms with Crippen LogP contribution in [0.1, 0.15) is 48.5 Å². The number of hydrogen-bond donors (Lipinski definition) is 1. The highest BCUT2D eigenvalue weighted by Crippen LogP contribution is 2.47. The lowest BCUT2D eigenvalue weighted by Crippen LogP contribution is -2.44. The molecule has 31 heavy (non-hydrogen) atoms. The summed E-state index contributed by atoms with van der Waals surface area (Å²) in [4.78, 5) is 32.1. The standard InChI is InChI=1S/C23H25N7O/c1-16(20(28-15-25)29-22-26-11-2-12-27-22)30(13-17-3-4-17)21(31)18-5-7-19(8-6-18)23(14-24)9-10-23/h2,5-8,11-12,15-17H,3-4,9-10,13H2,1H3,(H2,25,26,27,28,29). The van der Waals surface area contributed by atoms with Crippen LogP contribution in [0.25, 0.3) is 0 Å². The number of amidine groups is 1. The van der Waals surface area contributed by atoms with Gasteiger partial charge in [-0.05, 0) is 62.3 Å². The molecular weight excluding hydrogens is 390 g/mol. The predicted molar refractivity (Wildman–Crippen MR) is 118 cm³/mol. The second-order valence-electron chi connectivity index (χ2n) is 8.15. The first-order valence-electron chi connectivity index (χ1n) is 10.5. The van der Waals surface area contributed by atoms with Gasteiger partial charge in [0.15, 0.2) is 5.84 Å². The number of rotatable bonds is 7. The number of nitrogens with two attached hydrogens (primary N) is 1. The van der Waals surface area contributed by atoms with Crippen LogP contribution in [0, 0.1) is 17.2 Å². The molecule has 0 aliphatic heterocycles. The molecular formula is C23H25N7O. The first-order valence-corrected chi connectivity index (χ1v) is 10.5. The SMILES string of the molecule is CC(/C(N=CN)=N\c1ncccn1)N(CC1CC1)C(=O)c1ccc(C2(C#N)CC2)cc1. The Balaban J connectivity index is 1.60. The summed E-state index contributed by atoms with van der Waals surface area (Å²) in [6.07, 6.45) is 8.33. The van der Waals surface area contributed by atoms with Gasteiger partial charge >= 0.3 is 0 Å². The molecule has 2 aliphatic rings. The normalized spacial score (nSPS) is 18.4. The van der Waals surface area contributed by atoms with Gasteiger partial charge in [0.2, 0.25) is 0 Å². The van der Waals surface area contributed by atoms with Crippen molar-refractivity contribution in [1.82, 2.24) is 14.9 Å². The van der Waals surface area contributed by atoms with Crippen LogP contribution in [-0.4, -0.2) is 45.5 Å². The van der Waals surface area contributed by atoms with Gasteiger partial charge in [-0.3, -0.25) is 4.79 Å². The van der Waals surface area contributed by atoms with E-state index < -0.39 is 6.04 Å². The molecule has 2 fully saturated rings. The lowest BCUT2D eigenvalue weighted by molar-refractivity contribution is 0.0725.